The Labute approximate surface area is 85.6 Å². The fraction of sp³-hybridized carbons (Fsp3) is 0.900. The van der Waals surface area contributed by atoms with E-state index in [9.17, 15) is 4.79 Å². The molecule has 4 heteroatoms. The summed E-state index contributed by atoms with van der Waals surface area (Å²) in [5.41, 5.74) is 0. The number of amides is 1. The number of ether oxygens (including phenoxy) is 1. The molecule has 4 nitrogen and oxygen atoms in total. The van der Waals surface area contributed by atoms with E-state index in [-0.39, 0.29) is 12.5 Å². The summed E-state index contributed by atoms with van der Waals surface area (Å²) >= 11 is 0. The highest BCUT2D eigenvalue weighted by atomic mass is 16.5. The van der Waals surface area contributed by atoms with Crippen molar-refractivity contribution in [3.8, 4) is 0 Å². The fourth-order valence-electron chi connectivity index (χ4n) is 1.81. The molecule has 0 radical (unpaired) electrons. The third-order valence-electron chi connectivity index (χ3n) is 2.68. The minimum absolute atomic E-state index is 0.0116. The number of hydrogen-bond acceptors (Lipinski definition) is 3. The Morgan fingerprint density at radius 1 is 1.64 bits per heavy atom. The van der Waals surface area contributed by atoms with Gasteiger partial charge in [-0.05, 0) is 25.4 Å². The van der Waals surface area contributed by atoms with Crippen LogP contribution >= 0.6 is 0 Å². The summed E-state index contributed by atoms with van der Waals surface area (Å²) in [6.07, 6.45) is 1.20. The van der Waals surface area contributed by atoms with Crippen LogP contribution in [0.4, 0.5) is 0 Å². The minimum Gasteiger partial charge on any atom is -0.375 e. The summed E-state index contributed by atoms with van der Waals surface area (Å²) < 4.78 is 4.74. The molecular formula is C10H20N2O2. The van der Waals surface area contributed by atoms with Crippen LogP contribution in [0.25, 0.3) is 0 Å². The van der Waals surface area contributed by atoms with Gasteiger partial charge in [-0.2, -0.15) is 0 Å². The van der Waals surface area contributed by atoms with E-state index in [1.807, 2.05) is 0 Å². The van der Waals surface area contributed by atoms with E-state index in [1.54, 1.807) is 0 Å². The minimum atomic E-state index is -0.0116. The Balaban J connectivity index is 2.11. The molecule has 1 amide bonds. The van der Waals surface area contributed by atoms with Gasteiger partial charge in [0.15, 0.2) is 0 Å². The van der Waals surface area contributed by atoms with Crippen molar-refractivity contribution in [2.45, 2.75) is 13.3 Å². The summed E-state index contributed by atoms with van der Waals surface area (Å²) in [4.78, 5) is 13.5. The molecule has 1 rings (SSSR count). The largest absolute Gasteiger partial charge is 0.375 e. The van der Waals surface area contributed by atoms with Crippen LogP contribution in [0.3, 0.4) is 0 Å². The zero-order valence-electron chi connectivity index (χ0n) is 9.08. The Morgan fingerprint density at radius 2 is 2.43 bits per heavy atom. The number of carbonyl (C=O) groups excluding carboxylic acids is 1. The maximum atomic E-state index is 11.1. The van der Waals surface area contributed by atoms with Crippen molar-refractivity contribution in [3.05, 3.63) is 0 Å². The van der Waals surface area contributed by atoms with Gasteiger partial charge in [-0.1, -0.05) is 6.92 Å². The molecule has 1 unspecified atom stereocenters. The second-order valence-corrected chi connectivity index (χ2v) is 3.79. The van der Waals surface area contributed by atoms with E-state index in [0.29, 0.717) is 5.92 Å². The standard InChI is InChI=1S/C10H20N2O2/c1-3-12-5-4-9(7-12)6-11-10(13)8-14-2/h9H,3-8H2,1-2H3,(H,11,13). The van der Waals surface area contributed by atoms with Crippen molar-refractivity contribution in [1.82, 2.24) is 10.2 Å². The van der Waals surface area contributed by atoms with Gasteiger partial charge in [0.05, 0.1) is 0 Å². The molecule has 0 saturated carbocycles. The SMILES string of the molecule is CCN1CCC(CNC(=O)COC)C1. The smallest absolute Gasteiger partial charge is 0.245 e. The molecule has 0 bridgehead atoms. The van der Waals surface area contributed by atoms with Crippen LogP contribution in [0.1, 0.15) is 13.3 Å². The lowest BCUT2D eigenvalue weighted by Crippen LogP contribution is -2.33. The topological polar surface area (TPSA) is 41.6 Å². The van der Waals surface area contributed by atoms with Crippen LogP contribution in [0.15, 0.2) is 0 Å². The first-order valence-electron chi connectivity index (χ1n) is 5.24. The molecule has 1 fully saturated rings. The van der Waals surface area contributed by atoms with Crippen molar-refractivity contribution in [1.29, 1.82) is 0 Å². The van der Waals surface area contributed by atoms with Crippen molar-refractivity contribution in [2.75, 3.05) is 39.9 Å². The van der Waals surface area contributed by atoms with Crippen molar-refractivity contribution in [2.24, 2.45) is 5.92 Å². The predicted octanol–water partition coefficient (Wildman–Crippen LogP) is 0.0908. The number of nitrogens with one attached hydrogen (secondary N) is 1. The highest BCUT2D eigenvalue weighted by Crippen LogP contribution is 2.14. The second-order valence-electron chi connectivity index (χ2n) is 3.79. The van der Waals surface area contributed by atoms with Crippen LogP contribution in [0, 0.1) is 5.92 Å². The maximum Gasteiger partial charge on any atom is 0.245 e. The van der Waals surface area contributed by atoms with Crippen LogP contribution in [-0.2, 0) is 9.53 Å². The highest BCUT2D eigenvalue weighted by molar-refractivity contribution is 5.77. The lowest BCUT2D eigenvalue weighted by molar-refractivity contribution is -0.124. The molecule has 0 aliphatic carbocycles. The van der Waals surface area contributed by atoms with Gasteiger partial charge in [0.25, 0.3) is 0 Å². The predicted molar refractivity (Wildman–Crippen MR) is 55.1 cm³/mol. The van der Waals surface area contributed by atoms with Gasteiger partial charge in [0.2, 0.25) is 5.91 Å². The van der Waals surface area contributed by atoms with E-state index in [1.165, 1.54) is 20.1 Å². The quantitative estimate of drug-likeness (QED) is 0.684. The van der Waals surface area contributed by atoms with Crippen LogP contribution in [-0.4, -0.2) is 50.7 Å². The van der Waals surface area contributed by atoms with Gasteiger partial charge in [0.1, 0.15) is 6.61 Å². The maximum absolute atomic E-state index is 11.1. The Bertz CT molecular complexity index is 185. The van der Waals surface area contributed by atoms with E-state index >= 15 is 0 Å². The molecule has 1 heterocycles. The lowest BCUT2D eigenvalue weighted by atomic mass is 10.1. The molecule has 14 heavy (non-hydrogen) atoms. The molecule has 1 N–H and O–H groups in total. The van der Waals surface area contributed by atoms with Crippen molar-refractivity contribution in [3.63, 3.8) is 0 Å². The average molecular weight is 200 g/mol. The Morgan fingerprint density at radius 3 is 3.00 bits per heavy atom. The summed E-state index contributed by atoms with van der Waals surface area (Å²) in [6.45, 7) is 6.53. The molecule has 1 atom stereocenters. The Kier molecular flexibility index (Phi) is 4.90. The molecule has 1 aliphatic heterocycles. The van der Waals surface area contributed by atoms with Crippen LogP contribution in [0.5, 0.6) is 0 Å². The third-order valence-corrected chi connectivity index (χ3v) is 2.68. The number of likely N-dealkylation sites (tertiary alicyclic amines) is 1. The van der Waals surface area contributed by atoms with Crippen LogP contribution in [0.2, 0.25) is 0 Å². The molecule has 82 valence electrons. The second kappa shape index (κ2) is 5.98. The highest BCUT2D eigenvalue weighted by Gasteiger charge is 2.21. The number of rotatable bonds is 5. The summed E-state index contributed by atoms with van der Waals surface area (Å²) in [5, 5.41) is 2.88. The first-order chi connectivity index (χ1) is 6.76. The fourth-order valence-corrected chi connectivity index (χ4v) is 1.81. The van der Waals surface area contributed by atoms with Crippen LogP contribution < -0.4 is 5.32 Å². The summed E-state index contributed by atoms with van der Waals surface area (Å²) in [7, 11) is 1.54. The Hall–Kier alpha value is -0.610. The molecule has 1 saturated heterocycles. The van der Waals surface area contributed by atoms with E-state index in [0.717, 1.165) is 19.6 Å². The third kappa shape index (κ3) is 3.64. The number of hydrogen-bond donors (Lipinski definition) is 1. The van der Waals surface area contributed by atoms with E-state index < -0.39 is 0 Å². The molecular weight excluding hydrogens is 180 g/mol. The molecule has 0 aromatic rings. The van der Waals surface area contributed by atoms with Gasteiger partial charge in [-0.25, -0.2) is 0 Å². The zero-order chi connectivity index (χ0) is 10.4. The monoisotopic (exact) mass is 200 g/mol. The first-order valence-corrected chi connectivity index (χ1v) is 5.24. The zero-order valence-corrected chi connectivity index (χ0v) is 9.08. The first kappa shape index (κ1) is 11.5. The molecule has 1 aliphatic rings. The van der Waals surface area contributed by atoms with Gasteiger partial charge in [-0.3, -0.25) is 4.79 Å². The average Bonchev–Trinajstić information content (AvgIpc) is 2.63. The summed E-state index contributed by atoms with van der Waals surface area (Å²) in [5.74, 6) is 0.609. The van der Waals surface area contributed by atoms with Gasteiger partial charge < -0.3 is 15.0 Å². The van der Waals surface area contributed by atoms with E-state index in [2.05, 4.69) is 17.1 Å². The number of methoxy groups -OCH3 is 1. The van der Waals surface area contributed by atoms with Gasteiger partial charge in [-0.15, -0.1) is 0 Å². The normalized spacial score (nSPS) is 22.6. The van der Waals surface area contributed by atoms with Gasteiger partial charge >= 0.3 is 0 Å². The lowest BCUT2D eigenvalue weighted by Gasteiger charge is -2.13. The number of nitrogens with zero attached hydrogens (tertiary/aromatic N) is 1. The van der Waals surface area contributed by atoms with Crippen molar-refractivity contribution >= 4 is 5.91 Å². The van der Waals surface area contributed by atoms with Crippen molar-refractivity contribution < 1.29 is 9.53 Å². The summed E-state index contributed by atoms with van der Waals surface area (Å²) in [6, 6.07) is 0. The molecule has 0 aromatic heterocycles. The molecule has 0 spiro atoms. The van der Waals surface area contributed by atoms with Gasteiger partial charge in [0, 0.05) is 20.2 Å². The molecule has 0 aromatic carbocycles. The van der Waals surface area contributed by atoms with E-state index in [4.69, 9.17) is 4.74 Å². The number of carbonyl (C=O) groups is 1.